The Morgan fingerprint density at radius 1 is 1.10 bits per heavy atom. The zero-order chi connectivity index (χ0) is 15.4. The highest BCUT2D eigenvalue weighted by molar-refractivity contribution is 5.70. The minimum absolute atomic E-state index is 0.300. The quantitative estimate of drug-likeness (QED) is 0.856. The van der Waals surface area contributed by atoms with Gasteiger partial charge in [-0.15, -0.1) is 0 Å². The summed E-state index contributed by atoms with van der Waals surface area (Å²) in [4.78, 5) is 10.4. The van der Waals surface area contributed by atoms with E-state index in [1.807, 2.05) is 32.3 Å². The lowest BCUT2D eigenvalue weighted by Gasteiger charge is -2.14. The van der Waals surface area contributed by atoms with Gasteiger partial charge in [-0.25, -0.2) is 9.97 Å². The summed E-state index contributed by atoms with van der Waals surface area (Å²) < 4.78 is 10.6. The first-order valence-electron chi connectivity index (χ1n) is 6.28. The number of aromatic nitrogens is 2. The van der Waals surface area contributed by atoms with Gasteiger partial charge in [-0.2, -0.15) is 5.26 Å². The lowest BCUT2D eigenvalue weighted by atomic mass is 10.1. The summed E-state index contributed by atoms with van der Waals surface area (Å²) in [6.07, 6.45) is 0. The standard InChI is InChI=1S/C15H16N4O2/c1-19(2)15-17-10(9-16)7-13(18-15)12-8-11(20-3)5-6-14(12)21-4/h5-8H,1-4H3. The van der Waals surface area contributed by atoms with Crippen molar-refractivity contribution in [2.45, 2.75) is 0 Å². The van der Waals surface area contributed by atoms with Crippen molar-refractivity contribution in [2.75, 3.05) is 33.2 Å². The Morgan fingerprint density at radius 3 is 2.43 bits per heavy atom. The van der Waals surface area contributed by atoms with E-state index in [0.717, 1.165) is 5.56 Å². The fourth-order valence-corrected chi connectivity index (χ4v) is 1.84. The molecule has 0 saturated carbocycles. The van der Waals surface area contributed by atoms with Crippen LogP contribution >= 0.6 is 0 Å². The Morgan fingerprint density at radius 2 is 1.86 bits per heavy atom. The highest BCUT2D eigenvalue weighted by Gasteiger charge is 2.13. The first kappa shape index (κ1) is 14.6. The van der Waals surface area contributed by atoms with Crippen molar-refractivity contribution in [1.82, 2.24) is 9.97 Å². The molecule has 0 radical (unpaired) electrons. The zero-order valence-corrected chi connectivity index (χ0v) is 12.4. The van der Waals surface area contributed by atoms with Crippen LogP contribution in [0.2, 0.25) is 0 Å². The Balaban J connectivity index is 2.65. The van der Waals surface area contributed by atoms with Crippen LogP contribution in [0, 0.1) is 11.3 Å². The monoisotopic (exact) mass is 284 g/mol. The van der Waals surface area contributed by atoms with Crippen LogP contribution in [0.5, 0.6) is 11.5 Å². The Bertz CT molecular complexity index is 693. The van der Waals surface area contributed by atoms with Crippen LogP contribution < -0.4 is 14.4 Å². The van der Waals surface area contributed by atoms with Gasteiger partial charge in [-0.05, 0) is 18.2 Å². The molecule has 0 aliphatic carbocycles. The van der Waals surface area contributed by atoms with E-state index in [1.165, 1.54) is 0 Å². The lowest BCUT2D eigenvalue weighted by Crippen LogP contribution is -2.13. The number of anilines is 1. The molecule has 1 aromatic heterocycles. The summed E-state index contributed by atoms with van der Waals surface area (Å²) in [6.45, 7) is 0. The molecular weight excluding hydrogens is 268 g/mol. The molecule has 108 valence electrons. The van der Waals surface area contributed by atoms with Crippen molar-refractivity contribution in [2.24, 2.45) is 0 Å². The van der Waals surface area contributed by atoms with Crippen molar-refractivity contribution in [1.29, 1.82) is 5.26 Å². The fraction of sp³-hybridized carbons (Fsp3) is 0.267. The van der Waals surface area contributed by atoms with Crippen LogP contribution in [0.25, 0.3) is 11.3 Å². The van der Waals surface area contributed by atoms with Crippen LogP contribution in [0.3, 0.4) is 0 Å². The number of methoxy groups -OCH3 is 2. The third kappa shape index (κ3) is 3.03. The van der Waals surface area contributed by atoms with Gasteiger partial charge in [0.25, 0.3) is 0 Å². The second-order valence-corrected chi connectivity index (χ2v) is 4.51. The van der Waals surface area contributed by atoms with Gasteiger partial charge in [0.05, 0.1) is 19.9 Å². The largest absolute Gasteiger partial charge is 0.497 e. The first-order valence-corrected chi connectivity index (χ1v) is 6.28. The molecule has 0 aliphatic rings. The van der Waals surface area contributed by atoms with Gasteiger partial charge in [-0.1, -0.05) is 0 Å². The molecule has 1 heterocycles. The normalized spacial score (nSPS) is 9.86. The molecule has 2 aromatic rings. The molecule has 0 N–H and O–H groups in total. The van der Waals surface area contributed by atoms with Crippen molar-refractivity contribution in [3.8, 4) is 28.8 Å². The smallest absolute Gasteiger partial charge is 0.226 e. The second-order valence-electron chi connectivity index (χ2n) is 4.51. The number of hydrogen-bond acceptors (Lipinski definition) is 6. The van der Waals surface area contributed by atoms with Crippen molar-refractivity contribution in [3.05, 3.63) is 30.0 Å². The molecule has 0 aliphatic heterocycles. The average Bonchev–Trinajstić information content (AvgIpc) is 2.53. The molecule has 21 heavy (non-hydrogen) atoms. The van der Waals surface area contributed by atoms with E-state index in [4.69, 9.17) is 14.7 Å². The molecule has 0 spiro atoms. The van der Waals surface area contributed by atoms with Gasteiger partial charge in [0.2, 0.25) is 5.95 Å². The van der Waals surface area contributed by atoms with Gasteiger partial charge in [0.1, 0.15) is 23.3 Å². The van der Waals surface area contributed by atoms with Crippen molar-refractivity contribution < 1.29 is 9.47 Å². The maximum Gasteiger partial charge on any atom is 0.226 e. The first-order chi connectivity index (χ1) is 10.1. The molecule has 0 fully saturated rings. The second kappa shape index (κ2) is 6.09. The van der Waals surface area contributed by atoms with Crippen LogP contribution in [0.4, 0.5) is 5.95 Å². The molecule has 0 amide bonds. The maximum atomic E-state index is 9.13. The summed E-state index contributed by atoms with van der Waals surface area (Å²) in [5.74, 6) is 1.81. The molecule has 1 aromatic carbocycles. The number of ether oxygens (including phenoxy) is 2. The number of benzene rings is 1. The SMILES string of the molecule is COc1ccc(OC)c(-c2cc(C#N)nc(N(C)C)n2)c1. The van der Waals surface area contributed by atoms with E-state index in [1.54, 1.807) is 31.3 Å². The molecule has 0 unspecified atom stereocenters. The topological polar surface area (TPSA) is 71.3 Å². The van der Waals surface area contributed by atoms with Gasteiger partial charge in [-0.3, -0.25) is 0 Å². The highest BCUT2D eigenvalue weighted by atomic mass is 16.5. The van der Waals surface area contributed by atoms with Crippen LogP contribution in [-0.4, -0.2) is 38.3 Å². The summed E-state index contributed by atoms with van der Waals surface area (Å²) >= 11 is 0. The van der Waals surface area contributed by atoms with Crippen LogP contribution in [-0.2, 0) is 0 Å². The lowest BCUT2D eigenvalue weighted by molar-refractivity contribution is 0.404. The van der Waals surface area contributed by atoms with E-state index in [-0.39, 0.29) is 0 Å². The van der Waals surface area contributed by atoms with Crippen molar-refractivity contribution >= 4 is 5.95 Å². The molecule has 0 bridgehead atoms. The van der Waals surface area contributed by atoms with Gasteiger partial charge in [0.15, 0.2) is 0 Å². The van der Waals surface area contributed by atoms with E-state index in [0.29, 0.717) is 28.8 Å². The Hall–Kier alpha value is -2.81. The van der Waals surface area contributed by atoms with E-state index < -0.39 is 0 Å². The third-order valence-electron chi connectivity index (χ3n) is 2.91. The minimum Gasteiger partial charge on any atom is -0.497 e. The van der Waals surface area contributed by atoms with E-state index in [9.17, 15) is 0 Å². The number of nitrogens with zero attached hydrogens (tertiary/aromatic N) is 4. The van der Waals surface area contributed by atoms with Gasteiger partial charge >= 0.3 is 0 Å². The highest BCUT2D eigenvalue weighted by Crippen LogP contribution is 2.33. The van der Waals surface area contributed by atoms with Crippen molar-refractivity contribution in [3.63, 3.8) is 0 Å². The molecule has 6 nitrogen and oxygen atoms in total. The summed E-state index contributed by atoms with van der Waals surface area (Å²) in [6, 6.07) is 9.11. The average molecular weight is 284 g/mol. The molecule has 0 saturated heterocycles. The van der Waals surface area contributed by atoms with E-state index >= 15 is 0 Å². The molecular formula is C15H16N4O2. The minimum atomic E-state index is 0.300. The molecule has 2 rings (SSSR count). The maximum absolute atomic E-state index is 9.13. The van der Waals surface area contributed by atoms with Crippen LogP contribution in [0.15, 0.2) is 24.3 Å². The number of hydrogen-bond donors (Lipinski definition) is 0. The number of nitriles is 1. The zero-order valence-electron chi connectivity index (χ0n) is 12.4. The summed E-state index contributed by atoms with van der Waals surface area (Å²) in [5, 5.41) is 9.13. The fourth-order valence-electron chi connectivity index (χ4n) is 1.84. The summed E-state index contributed by atoms with van der Waals surface area (Å²) in [5.41, 5.74) is 1.66. The molecule has 6 heteroatoms. The molecule has 0 atom stereocenters. The number of rotatable bonds is 4. The predicted molar refractivity (Wildman–Crippen MR) is 79.6 cm³/mol. The third-order valence-corrected chi connectivity index (χ3v) is 2.91. The van der Waals surface area contributed by atoms with E-state index in [2.05, 4.69) is 9.97 Å². The Labute approximate surface area is 123 Å². The Kier molecular flexibility index (Phi) is 4.24. The van der Waals surface area contributed by atoms with Gasteiger partial charge in [0, 0.05) is 25.7 Å². The van der Waals surface area contributed by atoms with Gasteiger partial charge < -0.3 is 14.4 Å². The van der Waals surface area contributed by atoms with Crippen LogP contribution in [0.1, 0.15) is 5.69 Å². The predicted octanol–water partition coefficient (Wildman–Crippen LogP) is 2.10. The summed E-state index contributed by atoms with van der Waals surface area (Å²) in [7, 11) is 6.83.